The number of aryl methyl sites for hydroxylation is 1. The van der Waals surface area contributed by atoms with E-state index < -0.39 is 0 Å². The Morgan fingerprint density at radius 2 is 1.91 bits per heavy atom. The monoisotopic (exact) mass is 309 g/mol. The highest BCUT2D eigenvalue weighted by molar-refractivity contribution is 5.70. The van der Waals surface area contributed by atoms with Gasteiger partial charge in [0.1, 0.15) is 6.33 Å². The van der Waals surface area contributed by atoms with Crippen LogP contribution in [0, 0.1) is 0 Å². The third-order valence-electron chi connectivity index (χ3n) is 3.29. The normalized spacial score (nSPS) is 11.2. The van der Waals surface area contributed by atoms with Crippen LogP contribution in [0.3, 0.4) is 0 Å². The van der Waals surface area contributed by atoms with Crippen LogP contribution in [0.25, 0.3) is 16.9 Å². The summed E-state index contributed by atoms with van der Waals surface area (Å²) < 4.78 is 2.91. The summed E-state index contributed by atoms with van der Waals surface area (Å²) in [4.78, 5) is 18.1. The molecule has 0 N–H and O–H groups in total. The molecule has 0 amide bonds. The van der Waals surface area contributed by atoms with Crippen molar-refractivity contribution in [2.45, 2.75) is 6.54 Å². The Morgan fingerprint density at radius 1 is 1.09 bits per heavy atom. The van der Waals surface area contributed by atoms with E-state index in [9.17, 15) is 4.79 Å². The lowest BCUT2D eigenvalue weighted by atomic mass is 10.3. The summed E-state index contributed by atoms with van der Waals surface area (Å²) in [5, 5.41) is 19.6. The Bertz CT molecular complexity index is 1030. The second-order valence-electron chi connectivity index (χ2n) is 4.88. The molecule has 3 heterocycles. The van der Waals surface area contributed by atoms with Crippen molar-refractivity contribution in [1.29, 1.82) is 0 Å². The molecule has 0 saturated carbocycles. The average molecular weight is 309 g/mol. The summed E-state index contributed by atoms with van der Waals surface area (Å²) in [6.45, 7) is 0.174. The van der Waals surface area contributed by atoms with E-state index in [0.29, 0.717) is 11.5 Å². The molecule has 0 saturated heterocycles. The van der Waals surface area contributed by atoms with Crippen LogP contribution >= 0.6 is 0 Å². The minimum atomic E-state index is -0.301. The van der Waals surface area contributed by atoms with Gasteiger partial charge in [0.2, 0.25) is 0 Å². The first-order chi connectivity index (χ1) is 11.2. The smallest absolute Gasteiger partial charge is 0.283 e. The molecule has 10 heteroatoms. The van der Waals surface area contributed by atoms with Crippen molar-refractivity contribution in [3.05, 3.63) is 52.8 Å². The summed E-state index contributed by atoms with van der Waals surface area (Å²) in [5.74, 6) is 0.422. The Labute approximate surface area is 129 Å². The summed E-state index contributed by atoms with van der Waals surface area (Å²) in [6.07, 6.45) is 1.43. The van der Waals surface area contributed by atoms with Crippen LogP contribution in [-0.4, -0.2) is 44.8 Å². The number of para-hydroxylation sites is 1. The van der Waals surface area contributed by atoms with E-state index in [0.717, 1.165) is 5.69 Å². The molecule has 4 rings (SSSR count). The number of hydrogen-bond acceptors (Lipinski definition) is 7. The van der Waals surface area contributed by atoms with Crippen LogP contribution in [0.15, 0.2) is 41.5 Å². The fourth-order valence-electron chi connectivity index (χ4n) is 2.24. The molecular weight excluding hydrogens is 298 g/mol. The molecule has 0 atom stereocenters. The van der Waals surface area contributed by atoms with Gasteiger partial charge in [0, 0.05) is 0 Å². The molecule has 114 valence electrons. The van der Waals surface area contributed by atoms with Crippen molar-refractivity contribution in [3.8, 4) is 5.69 Å². The first-order valence-corrected chi connectivity index (χ1v) is 6.81. The highest BCUT2D eigenvalue weighted by Gasteiger charge is 2.14. The molecule has 4 aromatic rings. The largest absolute Gasteiger partial charge is 0.289 e. The van der Waals surface area contributed by atoms with Gasteiger partial charge in [-0.15, -0.1) is 15.3 Å². The van der Waals surface area contributed by atoms with Gasteiger partial charge in [-0.1, -0.05) is 23.4 Å². The number of nitrogens with zero attached hydrogens (tertiary/aromatic N) is 9. The Morgan fingerprint density at radius 3 is 2.65 bits per heavy atom. The lowest BCUT2D eigenvalue weighted by molar-refractivity contribution is 0.623. The molecule has 0 aliphatic carbocycles. The van der Waals surface area contributed by atoms with Crippen LogP contribution in [0.2, 0.25) is 0 Å². The lowest BCUT2D eigenvalue weighted by Gasteiger charge is -2.02. The molecule has 10 nitrogen and oxygen atoms in total. The number of hydrogen-bond donors (Lipinski definition) is 0. The van der Waals surface area contributed by atoms with E-state index in [2.05, 4.69) is 30.7 Å². The maximum absolute atomic E-state index is 12.5. The highest BCUT2D eigenvalue weighted by atomic mass is 16.1. The third-order valence-corrected chi connectivity index (χ3v) is 3.29. The molecule has 3 aromatic heterocycles. The van der Waals surface area contributed by atoms with E-state index in [1.165, 1.54) is 20.4 Å². The molecule has 0 fully saturated rings. The van der Waals surface area contributed by atoms with Gasteiger partial charge in [-0.05, 0) is 17.3 Å². The van der Waals surface area contributed by atoms with Crippen molar-refractivity contribution in [3.63, 3.8) is 0 Å². The van der Waals surface area contributed by atoms with E-state index in [1.807, 2.05) is 30.3 Å². The van der Waals surface area contributed by atoms with Crippen LogP contribution in [0.5, 0.6) is 0 Å². The topological polar surface area (TPSA) is 109 Å². The van der Waals surface area contributed by atoms with Crippen molar-refractivity contribution in [1.82, 2.24) is 44.8 Å². The van der Waals surface area contributed by atoms with Gasteiger partial charge in [-0.3, -0.25) is 9.36 Å². The Kier molecular flexibility index (Phi) is 2.93. The van der Waals surface area contributed by atoms with Gasteiger partial charge in [-0.2, -0.15) is 9.48 Å². The summed E-state index contributed by atoms with van der Waals surface area (Å²) in [7, 11) is 1.66. The molecule has 0 spiro atoms. The van der Waals surface area contributed by atoms with E-state index in [-0.39, 0.29) is 17.6 Å². The molecule has 0 unspecified atom stereocenters. The molecule has 0 radical (unpaired) electrons. The van der Waals surface area contributed by atoms with Gasteiger partial charge in [0.15, 0.2) is 17.0 Å². The Hall–Kier alpha value is -3.43. The predicted octanol–water partition coefficient (Wildman–Crippen LogP) is -0.451. The molecule has 0 aliphatic heterocycles. The molecule has 0 bridgehead atoms. The summed E-state index contributed by atoms with van der Waals surface area (Å²) >= 11 is 0. The van der Waals surface area contributed by atoms with Gasteiger partial charge in [0.25, 0.3) is 5.56 Å². The molecule has 1 aromatic carbocycles. The summed E-state index contributed by atoms with van der Waals surface area (Å²) in [5.41, 5.74) is 1.09. The maximum atomic E-state index is 12.5. The quantitative estimate of drug-likeness (QED) is 0.504. The third kappa shape index (κ3) is 2.25. The molecule has 0 aliphatic rings. The zero-order chi connectivity index (χ0) is 15.8. The number of tetrazole rings is 1. The van der Waals surface area contributed by atoms with Gasteiger partial charge in [-0.25, -0.2) is 4.98 Å². The second kappa shape index (κ2) is 5.09. The van der Waals surface area contributed by atoms with Gasteiger partial charge in [0.05, 0.1) is 19.3 Å². The van der Waals surface area contributed by atoms with Crippen molar-refractivity contribution in [2.75, 3.05) is 0 Å². The highest BCUT2D eigenvalue weighted by Crippen LogP contribution is 2.10. The molecular formula is C13H11N9O. The van der Waals surface area contributed by atoms with Crippen LogP contribution in [0.4, 0.5) is 0 Å². The average Bonchev–Trinajstić information content (AvgIpc) is 3.17. The second-order valence-corrected chi connectivity index (χ2v) is 4.88. The standard InChI is InChI=1S/C13H11N9O/c1-20-17-10(15-18-20)7-21-8-14-12-11(13(21)23)16-19-22(12)9-5-3-2-4-6-9/h2-6,8H,7H2,1H3. The van der Waals surface area contributed by atoms with Gasteiger partial charge < -0.3 is 0 Å². The fourth-order valence-corrected chi connectivity index (χ4v) is 2.24. The zero-order valence-electron chi connectivity index (χ0n) is 12.1. The Balaban J connectivity index is 1.79. The van der Waals surface area contributed by atoms with E-state index in [4.69, 9.17) is 0 Å². The fraction of sp³-hybridized carbons (Fsp3) is 0.154. The SMILES string of the molecule is Cn1nnc(Cn2cnc3c(nnn3-c3ccccc3)c2=O)n1. The lowest BCUT2D eigenvalue weighted by Crippen LogP contribution is -2.22. The number of rotatable bonds is 3. The first kappa shape index (κ1) is 13.2. The van der Waals surface area contributed by atoms with Crippen molar-refractivity contribution >= 4 is 11.2 Å². The molecule has 23 heavy (non-hydrogen) atoms. The first-order valence-electron chi connectivity index (χ1n) is 6.81. The van der Waals surface area contributed by atoms with Gasteiger partial charge >= 0.3 is 0 Å². The number of fused-ring (bicyclic) bond motifs is 1. The predicted molar refractivity (Wildman–Crippen MR) is 78.8 cm³/mol. The van der Waals surface area contributed by atoms with Crippen molar-refractivity contribution < 1.29 is 0 Å². The maximum Gasteiger partial charge on any atom is 0.283 e. The minimum Gasteiger partial charge on any atom is -0.289 e. The van der Waals surface area contributed by atoms with E-state index >= 15 is 0 Å². The number of aromatic nitrogens is 9. The van der Waals surface area contributed by atoms with Crippen molar-refractivity contribution in [2.24, 2.45) is 7.05 Å². The van der Waals surface area contributed by atoms with Crippen LogP contribution < -0.4 is 5.56 Å². The van der Waals surface area contributed by atoms with E-state index in [1.54, 1.807) is 7.05 Å². The van der Waals surface area contributed by atoms with Crippen LogP contribution in [-0.2, 0) is 13.6 Å². The summed E-state index contributed by atoms with van der Waals surface area (Å²) in [6, 6.07) is 9.39. The number of benzene rings is 1. The zero-order valence-corrected chi connectivity index (χ0v) is 12.1. The minimum absolute atomic E-state index is 0.174. The van der Waals surface area contributed by atoms with Crippen LogP contribution in [0.1, 0.15) is 5.82 Å².